The lowest BCUT2D eigenvalue weighted by molar-refractivity contribution is -0.304. The summed E-state index contributed by atoms with van der Waals surface area (Å²) in [5.41, 5.74) is -0.945. The molecule has 2 aliphatic heterocycles. The van der Waals surface area contributed by atoms with Crippen LogP contribution in [0.1, 0.15) is 53.9 Å². The highest BCUT2D eigenvalue weighted by atomic mass is 16.7. The van der Waals surface area contributed by atoms with Crippen LogP contribution >= 0.6 is 0 Å². The SMILES string of the molecule is CC(=O)OC[C@@]1(O)CC[C@@H]2C(CO[C@@H]3O[C@H](CO)[C@@H](O)[C@@H](OC(C)=O)[C@H]3OC(C)=O)=CO[C@H](C(=O)CC(C)C)[C@H]21. The molecule has 2 heterocycles. The Morgan fingerprint density at radius 3 is 2.30 bits per heavy atom. The van der Waals surface area contributed by atoms with Crippen LogP contribution in [0, 0.1) is 17.8 Å². The number of hydrogen-bond donors (Lipinski definition) is 3. The van der Waals surface area contributed by atoms with Gasteiger partial charge >= 0.3 is 17.9 Å². The maximum atomic E-state index is 13.1. The van der Waals surface area contributed by atoms with Crippen molar-refractivity contribution < 1.29 is 62.9 Å². The van der Waals surface area contributed by atoms with Crippen molar-refractivity contribution in [1.29, 1.82) is 0 Å². The first kappa shape index (κ1) is 31.9. The van der Waals surface area contributed by atoms with E-state index in [0.717, 1.165) is 13.8 Å². The zero-order chi connectivity index (χ0) is 29.8. The summed E-state index contributed by atoms with van der Waals surface area (Å²) >= 11 is 0. The molecule has 13 nitrogen and oxygen atoms in total. The van der Waals surface area contributed by atoms with Gasteiger partial charge in [0.15, 0.2) is 30.4 Å². The Hall–Kier alpha value is -2.58. The molecular formula is C27H40O13. The van der Waals surface area contributed by atoms with Gasteiger partial charge in [0, 0.05) is 33.1 Å². The molecule has 3 aliphatic rings. The number of ketones is 1. The van der Waals surface area contributed by atoms with E-state index in [9.17, 15) is 34.5 Å². The van der Waals surface area contributed by atoms with Crippen molar-refractivity contribution in [2.45, 2.75) is 96.3 Å². The molecule has 1 aliphatic carbocycles. The topological polar surface area (TPSA) is 184 Å². The Morgan fingerprint density at radius 1 is 1.07 bits per heavy atom. The molecule has 1 saturated heterocycles. The second-order valence-electron chi connectivity index (χ2n) is 11.0. The van der Waals surface area contributed by atoms with Crippen molar-refractivity contribution in [1.82, 2.24) is 0 Å². The second-order valence-corrected chi connectivity index (χ2v) is 11.0. The third-order valence-corrected chi connectivity index (χ3v) is 7.38. The van der Waals surface area contributed by atoms with Crippen molar-refractivity contribution in [3.8, 4) is 0 Å². The standard InChI is InChI=1S/C27H40O13/c1-13(2)8-19(32)23-21-18(6-7-27(21,34)12-37-14(3)29)17(10-35-23)11-36-26-25(39-16(5)31)24(38-15(4)30)22(33)20(9-28)40-26/h10,13,18,20-26,28,33-34H,6-9,11-12H2,1-5H3/t18-,20-,21+,22-,23-,24-,25-,26-,27+/m1/s1. The van der Waals surface area contributed by atoms with Gasteiger partial charge in [-0.15, -0.1) is 0 Å². The van der Waals surface area contributed by atoms with Crippen LogP contribution in [-0.2, 0) is 47.6 Å². The lowest BCUT2D eigenvalue weighted by atomic mass is 9.75. The maximum Gasteiger partial charge on any atom is 0.303 e. The van der Waals surface area contributed by atoms with Crippen molar-refractivity contribution in [3.63, 3.8) is 0 Å². The molecule has 3 rings (SSSR count). The van der Waals surface area contributed by atoms with Crippen LogP contribution in [0.3, 0.4) is 0 Å². The highest BCUT2D eigenvalue weighted by molar-refractivity contribution is 5.84. The van der Waals surface area contributed by atoms with Gasteiger partial charge in [-0.3, -0.25) is 19.2 Å². The highest BCUT2D eigenvalue weighted by Gasteiger charge is 2.57. The molecule has 0 unspecified atom stereocenters. The summed E-state index contributed by atoms with van der Waals surface area (Å²) in [6.07, 6.45) is -5.42. The van der Waals surface area contributed by atoms with Crippen molar-refractivity contribution in [2.24, 2.45) is 17.8 Å². The quantitative estimate of drug-likeness (QED) is 0.225. The van der Waals surface area contributed by atoms with Crippen LogP contribution in [-0.4, -0.2) is 101 Å². The third kappa shape index (κ3) is 7.38. The molecule has 0 radical (unpaired) electrons. The minimum atomic E-state index is -1.51. The van der Waals surface area contributed by atoms with Gasteiger partial charge in [0.25, 0.3) is 0 Å². The zero-order valence-corrected chi connectivity index (χ0v) is 23.4. The van der Waals surface area contributed by atoms with E-state index in [2.05, 4.69) is 0 Å². The number of hydrogen-bond acceptors (Lipinski definition) is 13. The second kappa shape index (κ2) is 13.4. The summed E-state index contributed by atoms with van der Waals surface area (Å²) in [5, 5.41) is 31.8. The molecule has 40 heavy (non-hydrogen) atoms. The number of aliphatic hydroxyl groups excluding tert-OH is 2. The van der Waals surface area contributed by atoms with E-state index in [4.69, 9.17) is 28.4 Å². The fourth-order valence-corrected chi connectivity index (χ4v) is 5.70. The molecule has 3 N–H and O–H groups in total. The zero-order valence-electron chi connectivity index (χ0n) is 23.4. The Morgan fingerprint density at radius 2 is 1.73 bits per heavy atom. The predicted octanol–water partition coefficient (Wildman–Crippen LogP) is 0.163. The van der Waals surface area contributed by atoms with E-state index in [1.54, 1.807) is 0 Å². The summed E-state index contributed by atoms with van der Waals surface area (Å²) in [6.45, 7) is 6.18. The number of esters is 3. The first-order valence-corrected chi connectivity index (χ1v) is 13.4. The van der Waals surface area contributed by atoms with E-state index < -0.39 is 72.8 Å². The maximum absolute atomic E-state index is 13.1. The minimum absolute atomic E-state index is 0.0628. The smallest absolute Gasteiger partial charge is 0.303 e. The van der Waals surface area contributed by atoms with E-state index in [-0.39, 0.29) is 43.7 Å². The molecule has 13 heteroatoms. The van der Waals surface area contributed by atoms with Crippen molar-refractivity contribution in [2.75, 3.05) is 19.8 Å². The van der Waals surface area contributed by atoms with Gasteiger partial charge in [0.2, 0.25) is 0 Å². The number of carbonyl (C=O) groups is 4. The van der Waals surface area contributed by atoms with Crippen LogP contribution in [0.15, 0.2) is 11.8 Å². The minimum Gasteiger partial charge on any atom is -0.490 e. The number of carbonyl (C=O) groups excluding carboxylic acids is 4. The monoisotopic (exact) mass is 572 g/mol. The van der Waals surface area contributed by atoms with Crippen LogP contribution in [0.2, 0.25) is 0 Å². The molecule has 0 aromatic carbocycles. The fourth-order valence-electron chi connectivity index (χ4n) is 5.70. The van der Waals surface area contributed by atoms with Crippen LogP contribution in [0.4, 0.5) is 0 Å². The first-order valence-electron chi connectivity index (χ1n) is 13.4. The van der Waals surface area contributed by atoms with Gasteiger partial charge in [-0.05, 0) is 30.3 Å². The molecule has 0 aromatic rings. The van der Waals surface area contributed by atoms with Gasteiger partial charge in [0.05, 0.1) is 19.5 Å². The van der Waals surface area contributed by atoms with Gasteiger partial charge in [-0.25, -0.2) is 0 Å². The van der Waals surface area contributed by atoms with Crippen molar-refractivity contribution >= 4 is 23.7 Å². The van der Waals surface area contributed by atoms with Crippen LogP contribution < -0.4 is 0 Å². The molecule has 9 atom stereocenters. The molecule has 0 amide bonds. The molecule has 2 fully saturated rings. The lowest BCUT2D eigenvalue weighted by Gasteiger charge is -2.43. The molecule has 0 spiro atoms. The van der Waals surface area contributed by atoms with Crippen LogP contribution in [0.5, 0.6) is 0 Å². The molecule has 0 aromatic heterocycles. The summed E-state index contributed by atoms with van der Waals surface area (Å²) in [4.78, 5) is 48.1. The van der Waals surface area contributed by atoms with Crippen LogP contribution in [0.25, 0.3) is 0 Å². The van der Waals surface area contributed by atoms with Gasteiger partial charge in [-0.2, -0.15) is 0 Å². The Labute approximate surface area is 232 Å². The average molecular weight is 573 g/mol. The van der Waals surface area contributed by atoms with E-state index in [1.165, 1.54) is 13.2 Å². The summed E-state index contributed by atoms with van der Waals surface area (Å²) in [7, 11) is 0. The number of rotatable bonds is 11. The van der Waals surface area contributed by atoms with E-state index in [0.29, 0.717) is 12.0 Å². The highest BCUT2D eigenvalue weighted by Crippen LogP contribution is 2.49. The Bertz CT molecular complexity index is 977. The third-order valence-electron chi connectivity index (χ3n) is 7.38. The fraction of sp³-hybridized carbons (Fsp3) is 0.778. The van der Waals surface area contributed by atoms with Crippen molar-refractivity contribution in [3.05, 3.63) is 11.8 Å². The lowest BCUT2D eigenvalue weighted by Crippen LogP contribution is -2.61. The van der Waals surface area contributed by atoms with Gasteiger partial charge in [0.1, 0.15) is 24.4 Å². The summed E-state index contributed by atoms with van der Waals surface area (Å²) in [6, 6.07) is 0. The average Bonchev–Trinajstić information content (AvgIpc) is 3.21. The summed E-state index contributed by atoms with van der Waals surface area (Å²) in [5.74, 6) is -3.28. The van der Waals surface area contributed by atoms with Gasteiger partial charge in [-0.1, -0.05) is 13.8 Å². The molecular weight excluding hydrogens is 532 g/mol. The molecule has 226 valence electrons. The first-order chi connectivity index (χ1) is 18.8. The Kier molecular flexibility index (Phi) is 10.7. The largest absolute Gasteiger partial charge is 0.490 e. The summed E-state index contributed by atoms with van der Waals surface area (Å²) < 4.78 is 33.1. The van der Waals surface area contributed by atoms with E-state index in [1.807, 2.05) is 13.8 Å². The van der Waals surface area contributed by atoms with Gasteiger partial charge < -0.3 is 43.7 Å². The van der Waals surface area contributed by atoms with E-state index >= 15 is 0 Å². The normalized spacial score (nSPS) is 35.3. The number of fused-ring (bicyclic) bond motifs is 1. The number of ether oxygens (including phenoxy) is 6. The Balaban J connectivity index is 1.85. The number of aliphatic hydroxyl groups is 3. The number of Topliss-reactive ketones (excluding diaryl/α,β-unsaturated/α-hetero) is 1. The molecule has 1 saturated carbocycles. The predicted molar refractivity (Wildman–Crippen MR) is 134 cm³/mol. The molecule has 0 bridgehead atoms.